The second-order valence-corrected chi connectivity index (χ2v) is 5.29. The van der Waals surface area contributed by atoms with Gasteiger partial charge in [-0.25, -0.2) is 9.59 Å². The molecule has 3 amide bonds. The van der Waals surface area contributed by atoms with E-state index in [1.165, 1.54) is 9.80 Å². The van der Waals surface area contributed by atoms with Gasteiger partial charge >= 0.3 is 12.0 Å². The summed E-state index contributed by atoms with van der Waals surface area (Å²) in [6.45, 7) is 3.61. The lowest BCUT2D eigenvalue weighted by atomic mass is 9.98. The molecule has 8 nitrogen and oxygen atoms in total. The van der Waals surface area contributed by atoms with Gasteiger partial charge in [0.05, 0.1) is 0 Å². The maximum atomic E-state index is 12.2. The third-order valence-electron chi connectivity index (χ3n) is 3.46. The number of carboxylic acid groups (broad SMARTS) is 1. The predicted molar refractivity (Wildman–Crippen MR) is 70.1 cm³/mol. The number of hydrogen-bond donors (Lipinski definition) is 3. The highest BCUT2D eigenvalue weighted by Crippen LogP contribution is 2.21. The zero-order valence-corrected chi connectivity index (χ0v) is 11.9. The fourth-order valence-electron chi connectivity index (χ4n) is 2.18. The Morgan fingerprint density at radius 1 is 1.40 bits per heavy atom. The zero-order chi connectivity index (χ0) is 15.5. The molecule has 0 aromatic heterocycles. The van der Waals surface area contributed by atoms with E-state index in [9.17, 15) is 14.4 Å². The van der Waals surface area contributed by atoms with Crippen LogP contribution >= 0.6 is 0 Å². The second kappa shape index (κ2) is 6.08. The number of piperazine rings is 1. The lowest BCUT2D eigenvalue weighted by Crippen LogP contribution is -2.66. The number of hydrogen-bond acceptors (Lipinski definition) is 4. The number of aliphatic hydroxyl groups is 1. The number of aliphatic carboxylic acids is 1. The molecule has 1 fully saturated rings. The van der Waals surface area contributed by atoms with Gasteiger partial charge in [0.25, 0.3) is 0 Å². The van der Waals surface area contributed by atoms with Crippen LogP contribution in [0.15, 0.2) is 0 Å². The third-order valence-corrected chi connectivity index (χ3v) is 3.46. The SMILES string of the molecule is CN1CCN(C(=O)NC(CCO)C(=O)O)C(C)(C)C1=O. The van der Waals surface area contributed by atoms with Crippen molar-refractivity contribution in [1.82, 2.24) is 15.1 Å². The molecule has 1 atom stereocenters. The first-order chi connectivity index (χ1) is 9.21. The fraction of sp³-hybridized carbons (Fsp3) is 0.750. The fourth-order valence-corrected chi connectivity index (χ4v) is 2.18. The van der Waals surface area contributed by atoms with Crippen molar-refractivity contribution in [2.75, 3.05) is 26.7 Å². The van der Waals surface area contributed by atoms with Crippen LogP contribution in [0.2, 0.25) is 0 Å². The quantitative estimate of drug-likeness (QED) is 0.619. The van der Waals surface area contributed by atoms with Crippen LogP contribution in [0.25, 0.3) is 0 Å². The van der Waals surface area contributed by atoms with E-state index in [1.54, 1.807) is 20.9 Å². The molecule has 0 bridgehead atoms. The molecule has 1 heterocycles. The minimum Gasteiger partial charge on any atom is -0.480 e. The van der Waals surface area contributed by atoms with Gasteiger partial charge in [-0.15, -0.1) is 0 Å². The van der Waals surface area contributed by atoms with Crippen molar-refractivity contribution in [1.29, 1.82) is 0 Å². The smallest absolute Gasteiger partial charge is 0.326 e. The van der Waals surface area contributed by atoms with Crippen molar-refractivity contribution in [3.8, 4) is 0 Å². The molecule has 1 aliphatic heterocycles. The minimum atomic E-state index is -1.22. The summed E-state index contributed by atoms with van der Waals surface area (Å²) < 4.78 is 0. The number of carbonyl (C=O) groups excluding carboxylic acids is 2. The Morgan fingerprint density at radius 2 is 2.00 bits per heavy atom. The van der Waals surface area contributed by atoms with Gasteiger partial charge in [0.2, 0.25) is 5.91 Å². The van der Waals surface area contributed by atoms with Crippen molar-refractivity contribution < 1.29 is 24.6 Å². The Balaban J connectivity index is 2.81. The van der Waals surface area contributed by atoms with Crippen molar-refractivity contribution in [2.45, 2.75) is 31.8 Å². The molecule has 1 rings (SSSR count). The first kappa shape index (κ1) is 16.2. The highest BCUT2D eigenvalue weighted by atomic mass is 16.4. The molecular weight excluding hydrogens is 266 g/mol. The molecule has 1 aliphatic rings. The van der Waals surface area contributed by atoms with E-state index in [2.05, 4.69) is 5.32 Å². The largest absolute Gasteiger partial charge is 0.480 e. The Morgan fingerprint density at radius 3 is 2.50 bits per heavy atom. The van der Waals surface area contributed by atoms with Gasteiger partial charge in [-0.05, 0) is 13.8 Å². The van der Waals surface area contributed by atoms with E-state index in [1.807, 2.05) is 0 Å². The monoisotopic (exact) mass is 287 g/mol. The van der Waals surface area contributed by atoms with Crippen molar-refractivity contribution >= 4 is 17.9 Å². The molecule has 0 radical (unpaired) electrons. The molecule has 0 aromatic rings. The van der Waals surface area contributed by atoms with Crippen LogP contribution in [-0.4, -0.2) is 76.2 Å². The van der Waals surface area contributed by atoms with Crippen LogP contribution in [0.4, 0.5) is 4.79 Å². The van der Waals surface area contributed by atoms with Gasteiger partial charge in [-0.1, -0.05) is 0 Å². The van der Waals surface area contributed by atoms with Gasteiger partial charge in [-0.2, -0.15) is 0 Å². The lowest BCUT2D eigenvalue weighted by molar-refractivity contribution is -0.144. The van der Waals surface area contributed by atoms with E-state index in [4.69, 9.17) is 10.2 Å². The maximum Gasteiger partial charge on any atom is 0.326 e. The molecule has 8 heteroatoms. The van der Waals surface area contributed by atoms with Crippen LogP contribution in [0.3, 0.4) is 0 Å². The van der Waals surface area contributed by atoms with Gasteiger partial charge < -0.3 is 25.3 Å². The summed E-state index contributed by atoms with van der Waals surface area (Å²) in [5.41, 5.74) is -1.03. The second-order valence-electron chi connectivity index (χ2n) is 5.29. The Bertz CT molecular complexity index is 410. The lowest BCUT2D eigenvalue weighted by Gasteiger charge is -2.44. The maximum absolute atomic E-state index is 12.2. The van der Waals surface area contributed by atoms with E-state index in [-0.39, 0.29) is 18.9 Å². The zero-order valence-electron chi connectivity index (χ0n) is 11.9. The molecule has 1 unspecified atom stereocenters. The number of urea groups is 1. The molecule has 1 saturated heterocycles. The number of nitrogens with one attached hydrogen (secondary N) is 1. The summed E-state index contributed by atoms with van der Waals surface area (Å²) >= 11 is 0. The average Bonchev–Trinajstić information content (AvgIpc) is 2.35. The summed E-state index contributed by atoms with van der Waals surface area (Å²) in [6.07, 6.45) is -0.0802. The van der Waals surface area contributed by atoms with Crippen molar-refractivity contribution in [2.24, 2.45) is 0 Å². The van der Waals surface area contributed by atoms with E-state index >= 15 is 0 Å². The summed E-state index contributed by atoms with van der Waals surface area (Å²) in [5.74, 6) is -1.42. The Hall–Kier alpha value is -1.83. The first-order valence-corrected chi connectivity index (χ1v) is 6.39. The number of likely N-dealkylation sites (N-methyl/N-ethyl adjacent to an activating group) is 1. The number of carbonyl (C=O) groups is 3. The van der Waals surface area contributed by atoms with Crippen LogP contribution in [0.1, 0.15) is 20.3 Å². The molecule has 0 aromatic carbocycles. The molecule has 3 N–H and O–H groups in total. The molecule has 0 saturated carbocycles. The third kappa shape index (κ3) is 3.19. The average molecular weight is 287 g/mol. The van der Waals surface area contributed by atoms with Crippen LogP contribution in [0.5, 0.6) is 0 Å². The number of amides is 3. The van der Waals surface area contributed by atoms with Crippen LogP contribution < -0.4 is 5.32 Å². The van der Waals surface area contributed by atoms with Gasteiger partial charge in [0, 0.05) is 33.2 Å². The van der Waals surface area contributed by atoms with Crippen LogP contribution in [0, 0.1) is 0 Å². The van der Waals surface area contributed by atoms with Crippen LogP contribution in [-0.2, 0) is 9.59 Å². The summed E-state index contributed by atoms with van der Waals surface area (Å²) in [5, 5.41) is 20.1. The first-order valence-electron chi connectivity index (χ1n) is 6.39. The number of carboxylic acids is 1. The molecule has 0 spiro atoms. The Labute approximate surface area is 117 Å². The highest BCUT2D eigenvalue weighted by molar-refractivity contribution is 5.92. The summed E-state index contributed by atoms with van der Waals surface area (Å²) in [7, 11) is 1.66. The Kier molecular flexibility index (Phi) is 4.93. The number of rotatable bonds is 4. The van der Waals surface area contributed by atoms with E-state index in [0.29, 0.717) is 13.1 Å². The molecular formula is C12H21N3O5. The topological polar surface area (TPSA) is 110 Å². The summed E-state index contributed by atoms with van der Waals surface area (Å²) in [4.78, 5) is 38.0. The van der Waals surface area contributed by atoms with Gasteiger partial charge in [0.15, 0.2) is 0 Å². The van der Waals surface area contributed by atoms with Crippen molar-refractivity contribution in [3.63, 3.8) is 0 Å². The van der Waals surface area contributed by atoms with E-state index in [0.717, 1.165) is 0 Å². The summed E-state index contributed by atoms with van der Waals surface area (Å²) in [6, 6.07) is -1.78. The predicted octanol–water partition coefficient (Wildman–Crippen LogP) is -0.916. The normalized spacial score (nSPS) is 19.7. The number of nitrogens with zero attached hydrogens (tertiary/aromatic N) is 2. The molecule has 20 heavy (non-hydrogen) atoms. The van der Waals surface area contributed by atoms with Crippen molar-refractivity contribution in [3.05, 3.63) is 0 Å². The molecule has 114 valence electrons. The van der Waals surface area contributed by atoms with Gasteiger partial charge in [0.1, 0.15) is 11.6 Å². The van der Waals surface area contributed by atoms with E-state index < -0.39 is 23.6 Å². The standard InChI is InChI=1S/C12H21N3O5/c1-12(2)10(19)14(3)5-6-15(12)11(20)13-8(4-7-16)9(17)18/h8,16H,4-7H2,1-3H3,(H,13,20)(H,17,18). The highest BCUT2D eigenvalue weighted by Gasteiger charge is 2.43. The minimum absolute atomic E-state index is 0.0802. The molecule has 0 aliphatic carbocycles. The van der Waals surface area contributed by atoms with Gasteiger partial charge in [-0.3, -0.25) is 4.79 Å². The number of aliphatic hydroxyl groups excluding tert-OH is 1.